The summed E-state index contributed by atoms with van der Waals surface area (Å²) in [7, 11) is -1.81. The summed E-state index contributed by atoms with van der Waals surface area (Å²) < 4.78 is 29.7. The molecule has 102 valence electrons. The maximum atomic E-state index is 11.9. The molecular weight excluding hydrogens is 330 g/mol. The number of benzene rings is 1. The molecule has 1 aliphatic rings. The molecule has 0 aliphatic heterocycles. The standard InChI is InChI=1S/C13H14BrNO3S/c1-18-8-13(7-15)11(12(13)19(2,16)17)9-3-5-10(14)6-4-9/h3-6,11-12H,8H2,1-2H3/t11-,12-,13-/m0/s1. The SMILES string of the molecule is COC[C@@]1(C#N)[C@@H](c2ccc(Br)cc2)[C@@H]1S(C)(=O)=O. The molecular formula is C13H14BrNO3S. The zero-order chi connectivity index (χ0) is 14.3. The van der Waals surface area contributed by atoms with Crippen LogP contribution in [0, 0.1) is 16.7 Å². The molecule has 1 aromatic rings. The van der Waals surface area contributed by atoms with E-state index in [9.17, 15) is 13.7 Å². The fourth-order valence-corrected chi connectivity index (χ4v) is 4.86. The molecule has 0 aromatic heterocycles. The van der Waals surface area contributed by atoms with E-state index in [0.29, 0.717) is 0 Å². The molecule has 0 N–H and O–H groups in total. The first-order chi connectivity index (χ1) is 8.86. The molecule has 2 rings (SSSR count). The van der Waals surface area contributed by atoms with E-state index in [4.69, 9.17) is 4.74 Å². The normalized spacial score (nSPS) is 29.8. The zero-order valence-electron chi connectivity index (χ0n) is 10.6. The second-order valence-electron chi connectivity index (χ2n) is 4.86. The van der Waals surface area contributed by atoms with E-state index in [1.807, 2.05) is 24.3 Å². The quantitative estimate of drug-likeness (QED) is 0.839. The molecule has 4 nitrogen and oxygen atoms in total. The molecule has 19 heavy (non-hydrogen) atoms. The molecule has 0 saturated heterocycles. The van der Waals surface area contributed by atoms with E-state index in [1.165, 1.54) is 13.4 Å². The first-order valence-corrected chi connectivity index (χ1v) is 8.46. The largest absolute Gasteiger partial charge is 0.383 e. The van der Waals surface area contributed by atoms with Crippen LogP contribution in [0.4, 0.5) is 0 Å². The van der Waals surface area contributed by atoms with Crippen molar-refractivity contribution in [3.63, 3.8) is 0 Å². The Labute approximate surface area is 121 Å². The van der Waals surface area contributed by atoms with Crippen LogP contribution in [0.15, 0.2) is 28.7 Å². The van der Waals surface area contributed by atoms with Crippen molar-refractivity contribution in [2.45, 2.75) is 11.2 Å². The molecule has 0 unspecified atom stereocenters. The summed E-state index contributed by atoms with van der Waals surface area (Å²) in [5.74, 6) is -0.319. The minimum atomic E-state index is -3.29. The highest BCUT2D eigenvalue weighted by Gasteiger charge is 2.71. The van der Waals surface area contributed by atoms with Gasteiger partial charge in [0.25, 0.3) is 0 Å². The van der Waals surface area contributed by atoms with Crippen LogP contribution in [0.5, 0.6) is 0 Å². The van der Waals surface area contributed by atoms with Crippen LogP contribution in [-0.2, 0) is 14.6 Å². The Kier molecular flexibility index (Phi) is 3.74. The topological polar surface area (TPSA) is 67.2 Å². The average molecular weight is 344 g/mol. The summed E-state index contributed by atoms with van der Waals surface area (Å²) in [5.41, 5.74) is -0.104. The van der Waals surface area contributed by atoms with Gasteiger partial charge in [-0.3, -0.25) is 0 Å². The Bertz CT molecular complexity index is 620. The lowest BCUT2D eigenvalue weighted by molar-refractivity contribution is 0.162. The highest BCUT2D eigenvalue weighted by atomic mass is 79.9. The van der Waals surface area contributed by atoms with Gasteiger partial charge in [0.05, 0.1) is 17.9 Å². The summed E-state index contributed by atoms with van der Waals surface area (Å²) in [6, 6.07) is 9.55. The second-order valence-corrected chi connectivity index (χ2v) is 7.95. The Balaban J connectivity index is 2.44. The van der Waals surface area contributed by atoms with E-state index in [0.717, 1.165) is 10.0 Å². The van der Waals surface area contributed by atoms with Gasteiger partial charge in [-0.2, -0.15) is 5.26 Å². The molecule has 1 saturated carbocycles. The van der Waals surface area contributed by atoms with Gasteiger partial charge in [0.15, 0.2) is 9.84 Å². The van der Waals surface area contributed by atoms with Gasteiger partial charge in [-0.25, -0.2) is 8.42 Å². The molecule has 1 aliphatic carbocycles. The van der Waals surface area contributed by atoms with Gasteiger partial charge >= 0.3 is 0 Å². The van der Waals surface area contributed by atoms with E-state index in [-0.39, 0.29) is 12.5 Å². The average Bonchev–Trinajstić information content (AvgIpc) is 3.00. The molecule has 0 bridgehead atoms. The minimum Gasteiger partial charge on any atom is -0.383 e. The van der Waals surface area contributed by atoms with Crippen LogP contribution in [0.2, 0.25) is 0 Å². The lowest BCUT2D eigenvalue weighted by Gasteiger charge is -2.06. The van der Waals surface area contributed by atoms with Gasteiger partial charge in [-0.05, 0) is 17.7 Å². The van der Waals surface area contributed by atoms with Gasteiger partial charge in [0, 0.05) is 23.8 Å². The van der Waals surface area contributed by atoms with Crippen LogP contribution in [0.1, 0.15) is 11.5 Å². The molecule has 0 spiro atoms. The molecule has 6 heteroatoms. The molecule has 1 aromatic carbocycles. The maximum Gasteiger partial charge on any atom is 0.152 e. The lowest BCUT2D eigenvalue weighted by Crippen LogP contribution is -2.17. The number of nitriles is 1. The molecule has 3 atom stereocenters. The summed E-state index contributed by atoms with van der Waals surface area (Å²) in [4.78, 5) is 0. The van der Waals surface area contributed by atoms with Crippen LogP contribution in [0.25, 0.3) is 0 Å². The van der Waals surface area contributed by atoms with Crippen molar-refractivity contribution in [2.75, 3.05) is 20.0 Å². The van der Waals surface area contributed by atoms with Gasteiger partial charge in [0.2, 0.25) is 0 Å². The van der Waals surface area contributed by atoms with E-state index in [1.54, 1.807) is 0 Å². The van der Waals surface area contributed by atoms with E-state index >= 15 is 0 Å². The maximum absolute atomic E-state index is 11.9. The Morgan fingerprint density at radius 2 is 2.00 bits per heavy atom. The van der Waals surface area contributed by atoms with E-state index in [2.05, 4.69) is 22.0 Å². The van der Waals surface area contributed by atoms with Crippen molar-refractivity contribution < 1.29 is 13.2 Å². The van der Waals surface area contributed by atoms with Gasteiger partial charge < -0.3 is 4.74 Å². The van der Waals surface area contributed by atoms with Crippen LogP contribution < -0.4 is 0 Å². The molecule has 1 fully saturated rings. The van der Waals surface area contributed by atoms with Crippen LogP contribution in [0.3, 0.4) is 0 Å². The fraction of sp³-hybridized carbons (Fsp3) is 0.462. The number of nitrogens with zero attached hydrogens (tertiary/aromatic N) is 1. The number of ether oxygens (including phenoxy) is 1. The first kappa shape index (κ1) is 14.5. The third kappa shape index (κ3) is 2.42. The van der Waals surface area contributed by atoms with Crippen LogP contribution in [-0.4, -0.2) is 33.6 Å². The predicted octanol–water partition coefficient (Wildman–Crippen LogP) is 2.12. The monoisotopic (exact) mass is 343 g/mol. The van der Waals surface area contributed by atoms with Crippen molar-refractivity contribution >= 4 is 25.8 Å². The zero-order valence-corrected chi connectivity index (χ0v) is 13.0. The number of hydrogen-bond acceptors (Lipinski definition) is 4. The Morgan fingerprint density at radius 3 is 2.42 bits per heavy atom. The summed E-state index contributed by atoms with van der Waals surface area (Å²) in [6.45, 7) is 0.127. The number of rotatable bonds is 4. The van der Waals surface area contributed by atoms with Crippen molar-refractivity contribution in [3.8, 4) is 6.07 Å². The third-order valence-electron chi connectivity index (χ3n) is 3.54. The third-order valence-corrected chi connectivity index (χ3v) is 5.68. The summed E-state index contributed by atoms with van der Waals surface area (Å²) >= 11 is 3.34. The van der Waals surface area contributed by atoms with Crippen molar-refractivity contribution in [1.29, 1.82) is 5.26 Å². The van der Waals surface area contributed by atoms with Gasteiger partial charge in [0.1, 0.15) is 5.41 Å². The molecule has 0 heterocycles. The Hall–Kier alpha value is -0.900. The van der Waals surface area contributed by atoms with Crippen LogP contribution >= 0.6 is 15.9 Å². The summed E-state index contributed by atoms with van der Waals surface area (Å²) in [6.07, 6.45) is 1.18. The smallest absolute Gasteiger partial charge is 0.152 e. The van der Waals surface area contributed by atoms with Crippen molar-refractivity contribution in [2.24, 2.45) is 5.41 Å². The second kappa shape index (κ2) is 4.89. The number of hydrogen-bond donors (Lipinski definition) is 0. The van der Waals surface area contributed by atoms with Gasteiger partial charge in [-0.15, -0.1) is 0 Å². The molecule has 0 radical (unpaired) electrons. The first-order valence-electron chi connectivity index (χ1n) is 5.71. The Morgan fingerprint density at radius 1 is 1.42 bits per heavy atom. The fourth-order valence-electron chi connectivity index (χ4n) is 2.75. The highest BCUT2D eigenvalue weighted by Crippen LogP contribution is 2.62. The summed E-state index contributed by atoms with van der Waals surface area (Å²) in [5, 5.41) is 8.72. The minimum absolute atomic E-state index is 0.127. The number of methoxy groups -OCH3 is 1. The number of halogens is 1. The molecule has 0 amide bonds. The lowest BCUT2D eigenvalue weighted by atomic mass is 10.0. The van der Waals surface area contributed by atoms with E-state index < -0.39 is 20.5 Å². The van der Waals surface area contributed by atoms with Crippen molar-refractivity contribution in [3.05, 3.63) is 34.3 Å². The van der Waals surface area contributed by atoms with Crippen molar-refractivity contribution in [1.82, 2.24) is 0 Å². The van der Waals surface area contributed by atoms with Gasteiger partial charge in [-0.1, -0.05) is 28.1 Å². The highest BCUT2D eigenvalue weighted by molar-refractivity contribution is 9.10. The predicted molar refractivity (Wildman–Crippen MR) is 75.4 cm³/mol. The number of sulfone groups is 1.